The molecule has 2 aromatic carbocycles. The van der Waals surface area contributed by atoms with E-state index in [2.05, 4.69) is 17.9 Å². The van der Waals surface area contributed by atoms with E-state index in [0.29, 0.717) is 18.8 Å². The van der Waals surface area contributed by atoms with E-state index in [1.807, 2.05) is 23.1 Å². The van der Waals surface area contributed by atoms with Crippen molar-refractivity contribution in [2.75, 3.05) is 44.4 Å². The third-order valence-electron chi connectivity index (χ3n) is 5.35. The summed E-state index contributed by atoms with van der Waals surface area (Å²) in [5.41, 5.74) is 1.43. The SMILES string of the molecule is COc1cccc(C(C)N2CCN(c3ccc(S(C)(=O)=O)cc3[N+](=O)[O-])CC2)c1. The van der Waals surface area contributed by atoms with Crippen molar-refractivity contribution in [3.8, 4) is 5.75 Å². The van der Waals surface area contributed by atoms with Crippen molar-refractivity contribution in [3.05, 3.63) is 58.1 Å². The molecule has 0 bridgehead atoms. The standard InChI is InChI=1S/C20H25N3O5S/c1-15(16-5-4-6-17(13-16)28-2)21-9-11-22(12-10-21)19-8-7-18(29(3,26)27)14-20(19)23(24)25/h4-8,13-15H,9-12H2,1-3H3. The highest BCUT2D eigenvalue weighted by molar-refractivity contribution is 7.90. The maximum Gasteiger partial charge on any atom is 0.293 e. The topological polar surface area (TPSA) is 93.0 Å². The molecule has 1 fully saturated rings. The van der Waals surface area contributed by atoms with Crippen LogP contribution in [0.5, 0.6) is 5.75 Å². The lowest BCUT2D eigenvalue weighted by Crippen LogP contribution is -2.47. The lowest BCUT2D eigenvalue weighted by molar-refractivity contribution is -0.384. The molecular formula is C20H25N3O5S. The number of rotatable bonds is 6. The van der Waals surface area contributed by atoms with Gasteiger partial charge in [-0.2, -0.15) is 0 Å². The second kappa shape index (κ2) is 8.38. The Balaban J connectivity index is 1.76. The highest BCUT2D eigenvalue weighted by Gasteiger charge is 2.27. The molecule has 0 radical (unpaired) electrons. The number of nitrogens with zero attached hydrogens (tertiary/aromatic N) is 3. The third-order valence-corrected chi connectivity index (χ3v) is 6.46. The first-order valence-corrected chi connectivity index (χ1v) is 11.2. The van der Waals surface area contributed by atoms with Crippen molar-refractivity contribution in [1.82, 2.24) is 4.90 Å². The summed E-state index contributed by atoms with van der Waals surface area (Å²) in [6.45, 7) is 4.85. The number of anilines is 1. The summed E-state index contributed by atoms with van der Waals surface area (Å²) in [7, 11) is -1.86. The van der Waals surface area contributed by atoms with Crippen molar-refractivity contribution in [3.63, 3.8) is 0 Å². The highest BCUT2D eigenvalue weighted by atomic mass is 32.2. The quantitative estimate of drug-likeness (QED) is 0.525. The van der Waals surface area contributed by atoms with Crippen LogP contribution >= 0.6 is 0 Å². The molecule has 3 rings (SSSR count). The van der Waals surface area contributed by atoms with Gasteiger partial charge in [0, 0.05) is 44.5 Å². The number of nitro groups is 1. The zero-order chi connectivity index (χ0) is 21.2. The van der Waals surface area contributed by atoms with Crippen molar-refractivity contribution >= 4 is 21.2 Å². The molecule has 2 aromatic rings. The monoisotopic (exact) mass is 419 g/mol. The molecule has 29 heavy (non-hydrogen) atoms. The summed E-state index contributed by atoms with van der Waals surface area (Å²) < 4.78 is 28.8. The van der Waals surface area contributed by atoms with Gasteiger partial charge in [-0.05, 0) is 36.8 Å². The normalized spacial score (nSPS) is 16.4. The summed E-state index contributed by atoms with van der Waals surface area (Å²) >= 11 is 0. The summed E-state index contributed by atoms with van der Waals surface area (Å²) in [5.74, 6) is 0.814. The first-order valence-electron chi connectivity index (χ1n) is 9.32. The molecule has 1 atom stereocenters. The summed E-state index contributed by atoms with van der Waals surface area (Å²) in [6, 6.07) is 12.3. The Bertz CT molecular complexity index is 1000. The van der Waals surface area contributed by atoms with Gasteiger partial charge in [-0.3, -0.25) is 15.0 Å². The van der Waals surface area contributed by atoms with Crippen LogP contribution in [-0.2, 0) is 9.84 Å². The molecule has 1 aliphatic rings. The van der Waals surface area contributed by atoms with E-state index in [0.717, 1.165) is 36.7 Å². The molecule has 0 amide bonds. The molecule has 1 unspecified atom stereocenters. The molecule has 9 heteroatoms. The lowest BCUT2D eigenvalue weighted by atomic mass is 10.1. The van der Waals surface area contributed by atoms with Crippen LogP contribution in [0, 0.1) is 10.1 Å². The van der Waals surface area contributed by atoms with Crippen LogP contribution in [0.25, 0.3) is 0 Å². The number of ether oxygens (including phenoxy) is 1. The van der Waals surface area contributed by atoms with Crippen LogP contribution in [0.3, 0.4) is 0 Å². The van der Waals surface area contributed by atoms with E-state index in [1.165, 1.54) is 12.1 Å². The smallest absolute Gasteiger partial charge is 0.293 e. The van der Waals surface area contributed by atoms with Gasteiger partial charge in [-0.25, -0.2) is 8.42 Å². The van der Waals surface area contributed by atoms with Crippen LogP contribution in [0.1, 0.15) is 18.5 Å². The van der Waals surface area contributed by atoms with E-state index in [1.54, 1.807) is 7.11 Å². The van der Waals surface area contributed by atoms with Crippen LogP contribution < -0.4 is 9.64 Å². The molecule has 0 spiro atoms. The largest absolute Gasteiger partial charge is 0.497 e. The lowest BCUT2D eigenvalue weighted by Gasteiger charge is -2.39. The number of piperazine rings is 1. The Morgan fingerprint density at radius 1 is 1.10 bits per heavy atom. The van der Waals surface area contributed by atoms with Crippen molar-refractivity contribution in [2.45, 2.75) is 17.9 Å². The number of hydrogen-bond acceptors (Lipinski definition) is 7. The van der Waals surface area contributed by atoms with Gasteiger partial charge in [-0.1, -0.05) is 12.1 Å². The summed E-state index contributed by atoms with van der Waals surface area (Å²) in [6.07, 6.45) is 1.05. The number of hydrogen-bond donors (Lipinski definition) is 0. The molecule has 0 aliphatic carbocycles. The number of benzene rings is 2. The maximum atomic E-state index is 11.7. The van der Waals surface area contributed by atoms with Gasteiger partial charge in [0.2, 0.25) is 0 Å². The summed E-state index contributed by atoms with van der Waals surface area (Å²) in [4.78, 5) is 15.2. The fourth-order valence-corrected chi connectivity index (χ4v) is 4.25. The van der Waals surface area contributed by atoms with Crippen LogP contribution in [0.4, 0.5) is 11.4 Å². The Labute approximate surface area is 170 Å². The van der Waals surface area contributed by atoms with Gasteiger partial charge in [0.05, 0.1) is 16.9 Å². The molecule has 156 valence electrons. The Kier molecular flexibility index (Phi) is 6.09. The highest BCUT2D eigenvalue weighted by Crippen LogP contribution is 2.33. The first-order chi connectivity index (χ1) is 13.7. The fraction of sp³-hybridized carbons (Fsp3) is 0.400. The molecular weight excluding hydrogens is 394 g/mol. The van der Waals surface area contributed by atoms with E-state index in [4.69, 9.17) is 4.74 Å². The van der Waals surface area contributed by atoms with Crippen molar-refractivity contribution in [2.24, 2.45) is 0 Å². The van der Waals surface area contributed by atoms with Crippen LogP contribution in [0.2, 0.25) is 0 Å². The predicted molar refractivity (Wildman–Crippen MR) is 111 cm³/mol. The van der Waals surface area contributed by atoms with Gasteiger partial charge >= 0.3 is 0 Å². The second-order valence-corrected chi connectivity index (χ2v) is 9.17. The number of methoxy groups -OCH3 is 1. The average Bonchev–Trinajstić information content (AvgIpc) is 2.72. The van der Waals surface area contributed by atoms with E-state index in [-0.39, 0.29) is 16.6 Å². The zero-order valence-electron chi connectivity index (χ0n) is 16.7. The molecule has 0 N–H and O–H groups in total. The van der Waals surface area contributed by atoms with Gasteiger partial charge in [0.15, 0.2) is 9.84 Å². The van der Waals surface area contributed by atoms with Gasteiger partial charge in [0.1, 0.15) is 11.4 Å². The maximum absolute atomic E-state index is 11.7. The molecule has 1 saturated heterocycles. The number of sulfone groups is 1. The van der Waals surface area contributed by atoms with E-state index in [9.17, 15) is 18.5 Å². The Morgan fingerprint density at radius 3 is 2.38 bits per heavy atom. The molecule has 8 nitrogen and oxygen atoms in total. The zero-order valence-corrected chi connectivity index (χ0v) is 17.6. The van der Waals surface area contributed by atoms with Gasteiger partial charge in [0.25, 0.3) is 5.69 Å². The second-order valence-electron chi connectivity index (χ2n) is 7.16. The van der Waals surface area contributed by atoms with E-state index >= 15 is 0 Å². The Hall–Kier alpha value is -2.65. The third kappa shape index (κ3) is 4.68. The average molecular weight is 420 g/mol. The van der Waals surface area contributed by atoms with Gasteiger partial charge < -0.3 is 9.64 Å². The molecule has 1 heterocycles. The van der Waals surface area contributed by atoms with E-state index < -0.39 is 14.8 Å². The summed E-state index contributed by atoms with van der Waals surface area (Å²) in [5, 5.41) is 11.5. The Morgan fingerprint density at radius 2 is 1.79 bits per heavy atom. The minimum absolute atomic E-state index is 0.0433. The minimum atomic E-state index is -3.50. The molecule has 1 aliphatic heterocycles. The number of nitro benzene ring substituents is 1. The molecule has 0 saturated carbocycles. The van der Waals surface area contributed by atoms with Crippen molar-refractivity contribution in [1.29, 1.82) is 0 Å². The molecule has 0 aromatic heterocycles. The van der Waals surface area contributed by atoms with Crippen molar-refractivity contribution < 1.29 is 18.1 Å². The minimum Gasteiger partial charge on any atom is -0.497 e. The predicted octanol–water partition coefficient (Wildman–Crippen LogP) is 2.89. The van der Waals surface area contributed by atoms with Gasteiger partial charge in [-0.15, -0.1) is 0 Å². The first kappa shape index (κ1) is 21.1. The fourth-order valence-electron chi connectivity index (χ4n) is 3.61. The van der Waals surface area contributed by atoms with Crippen LogP contribution in [-0.4, -0.2) is 57.8 Å². The van der Waals surface area contributed by atoms with Crippen LogP contribution in [0.15, 0.2) is 47.4 Å².